The van der Waals surface area contributed by atoms with Gasteiger partial charge in [0, 0.05) is 25.9 Å². The van der Waals surface area contributed by atoms with Crippen molar-refractivity contribution in [1.82, 2.24) is 5.12 Å². The Morgan fingerprint density at radius 1 is 1.16 bits per heavy atom. The molecule has 0 atom stereocenters. The van der Waals surface area contributed by atoms with Gasteiger partial charge in [0.25, 0.3) is 0 Å². The summed E-state index contributed by atoms with van der Waals surface area (Å²) in [6.45, 7) is 3.05. The van der Waals surface area contributed by atoms with Crippen molar-refractivity contribution in [1.29, 1.82) is 0 Å². The summed E-state index contributed by atoms with van der Waals surface area (Å²) < 4.78 is 29.2. The lowest BCUT2D eigenvalue weighted by molar-refractivity contribution is 0.0204. The van der Waals surface area contributed by atoms with E-state index in [1.807, 2.05) is 18.2 Å². The van der Waals surface area contributed by atoms with Crippen LogP contribution in [0, 0.1) is 0 Å². The first-order valence-corrected chi connectivity index (χ1v) is 6.52. The van der Waals surface area contributed by atoms with Crippen molar-refractivity contribution in [2.45, 2.75) is 19.5 Å². The number of ether oxygens (including phenoxy) is 3. The Bertz CT molecular complexity index is 400. The minimum atomic E-state index is 0.306. The fourth-order valence-corrected chi connectivity index (χ4v) is 2.10. The van der Waals surface area contributed by atoms with Crippen LogP contribution < -0.4 is 4.74 Å². The van der Waals surface area contributed by atoms with E-state index in [4.69, 9.17) is 14.2 Å². The Labute approximate surface area is 113 Å². The highest BCUT2D eigenvalue weighted by molar-refractivity contribution is 5.42. The van der Waals surface area contributed by atoms with Gasteiger partial charge in [-0.25, -0.2) is 0 Å². The van der Waals surface area contributed by atoms with Crippen molar-refractivity contribution >= 4 is 0 Å². The summed E-state index contributed by atoms with van der Waals surface area (Å²) in [6.07, 6.45) is 0.883. The summed E-state index contributed by atoms with van der Waals surface area (Å²) in [5.41, 5.74) is 1.95. The molecule has 1 aliphatic heterocycles. The van der Waals surface area contributed by atoms with Gasteiger partial charge in [0.15, 0.2) is 0 Å². The molecule has 0 saturated carbocycles. The zero-order valence-electron chi connectivity index (χ0n) is 11.2. The largest absolute Gasteiger partial charge is 0.491 e. The number of hydrogen-bond acceptors (Lipinski definition) is 4. The van der Waals surface area contributed by atoms with Crippen molar-refractivity contribution in [2.24, 2.45) is 0 Å². The van der Waals surface area contributed by atoms with E-state index in [0.717, 1.165) is 28.4 Å². The standard InChI is InChI=1S/C14H20FNO3/c1-17-6-3-7-18-8-9-19-14-5-2-4-12-10-16(15)11-13(12)14/h2,4-5H,3,6-11H2,1H3. The van der Waals surface area contributed by atoms with E-state index in [1.165, 1.54) is 0 Å². The highest BCUT2D eigenvalue weighted by Gasteiger charge is 2.21. The summed E-state index contributed by atoms with van der Waals surface area (Å²) in [5.74, 6) is 0.762. The molecule has 5 heteroatoms. The lowest BCUT2D eigenvalue weighted by atomic mass is 10.1. The molecule has 0 fully saturated rings. The summed E-state index contributed by atoms with van der Waals surface area (Å²) in [4.78, 5) is 0. The summed E-state index contributed by atoms with van der Waals surface area (Å²) in [5, 5.41) is 0.790. The van der Waals surface area contributed by atoms with E-state index < -0.39 is 0 Å². The minimum absolute atomic E-state index is 0.306. The zero-order valence-corrected chi connectivity index (χ0v) is 11.2. The molecule has 19 heavy (non-hydrogen) atoms. The molecule has 0 aromatic heterocycles. The van der Waals surface area contributed by atoms with E-state index in [2.05, 4.69) is 0 Å². The van der Waals surface area contributed by atoms with Crippen LogP contribution in [0.1, 0.15) is 17.5 Å². The van der Waals surface area contributed by atoms with Crippen LogP contribution in [0.25, 0.3) is 0 Å². The molecular weight excluding hydrogens is 249 g/mol. The molecule has 1 aliphatic rings. The Hall–Kier alpha value is -1.17. The minimum Gasteiger partial charge on any atom is -0.491 e. The molecule has 106 valence electrons. The molecule has 0 saturated heterocycles. The maximum Gasteiger partial charge on any atom is 0.124 e. The maximum atomic E-state index is 13.2. The predicted molar refractivity (Wildman–Crippen MR) is 69.6 cm³/mol. The van der Waals surface area contributed by atoms with Crippen molar-refractivity contribution in [3.8, 4) is 5.75 Å². The lowest BCUT2D eigenvalue weighted by Crippen LogP contribution is -2.09. The first kappa shape index (κ1) is 14.2. The molecule has 0 unspecified atom stereocenters. The fourth-order valence-electron chi connectivity index (χ4n) is 2.10. The quantitative estimate of drug-likeness (QED) is 0.535. The third-order valence-electron chi connectivity index (χ3n) is 3.02. The molecule has 1 heterocycles. The van der Waals surface area contributed by atoms with E-state index >= 15 is 0 Å². The predicted octanol–water partition coefficient (Wildman–Crippen LogP) is 2.32. The van der Waals surface area contributed by atoms with Crippen LogP contribution in [0.5, 0.6) is 5.75 Å². The maximum absolute atomic E-state index is 13.2. The first-order chi connectivity index (χ1) is 9.31. The highest BCUT2D eigenvalue weighted by Crippen LogP contribution is 2.30. The van der Waals surface area contributed by atoms with E-state index in [1.54, 1.807) is 7.11 Å². The first-order valence-electron chi connectivity index (χ1n) is 6.52. The number of methoxy groups -OCH3 is 1. The normalized spacial score (nSPS) is 14.6. The van der Waals surface area contributed by atoms with E-state index in [-0.39, 0.29) is 0 Å². The van der Waals surface area contributed by atoms with E-state index in [9.17, 15) is 4.48 Å². The number of fused-ring (bicyclic) bond motifs is 1. The van der Waals surface area contributed by atoms with Crippen molar-refractivity contribution < 1.29 is 18.7 Å². The smallest absolute Gasteiger partial charge is 0.124 e. The van der Waals surface area contributed by atoms with Crippen molar-refractivity contribution in [2.75, 3.05) is 33.5 Å². The van der Waals surface area contributed by atoms with Gasteiger partial charge in [-0.3, -0.25) is 0 Å². The van der Waals surface area contributed by atoms with Gasteiger partial charge in [-0.2, -0.15) is 0 Å². The topological polar surface area (TPSA) is 30.9 Å². The van der Waals surface area contributed by atoms with Gasteiger partial charge in [-0.15, -0.1) is 9.60 Å². The van der Waals surface area contributed by atoms with Gasteiger partial charge in [0.05, 0.1) is 19.7 Å². The molecule has 1 aromatic rings. The molecule has 0 amide bonds. The summed E-state index contributed by atoms with van der Waals surface area (Å²) >= 11 is 0. The Morgan fingerprint density at radius 3 is 2.89 bits per heavy atom. The van der Waals surface area contributed by atoms with Gasteiger partial charge in [0.1, 0.15) is 12.4 Å². The molecule has 4 nitrogen and oxygen atoms in total. The van der Waals surface area contributed by atoms with Gasteiger partial charge in [-0.05, 0) is 18.1 Å². The Balaban J connectivity index is 1.71. The van der Waals surface area contributed by atoms with Crippen LogP contribution in [0.3, 0.4) is 0 Å². The Morgan fingerprint density at radius 2 is 2.05 bits per heavy atom. The molecule has 0 radical (unpaired) electrons. The molecule has 0 aliphatic carbocycles. The molecule has 1 aromatic carbocycles. The number of nitrogens with zero attached hydrogens (tertiary/aromatic N) is 1. The van der Waals surface area contributed by atoms with Crippen molar-refractivity contribution in [3.63, 3.8) is 0 Å². The number of rotatable bonds is 8. The van der Waals surface area contributed by atoms with Crippen LogP contribution in [0.2, 0.25) is 0 Å². The summed E-state index contributed by atoms with van der Waals surface area (Å²) in [6, 6.07) is 5.71. The number of benzene rings is 1. The third-order valence-corrected chi connectivity index (χ3v) is 3.02. The van der Waals surface area contributed by atoms with Gasteiger partial charge >= 0.3 is 0 Å². The number of hydrogen-bond donors (Lipinski definition) is 0. The molecule has 0 N–H and O–H groups in total. The molecule has 2 rings (SSSR count). The Kier molecular flexibility index (Phi) is 5.57. The van der Waals surface area contributed by atoms with Crippen LogP contribution >= 0.6 is 0 Å². The summed E-state index contributed by atoms with van der Waals surface area (Å²) in [7, 11) is 1.67. The number of halogens is 1. The fraction of sp³-hybridized carbons (Fsp3) is 0.571. The van der Waals surface area contributed by atoms with Gasteiger partial charge < -0.3 is 14.2 Å². The SMILES string of the molecule is COCCCOCCOc1cccc2c1CN(F)C2. The van der Waals surface area contributed by atoms with Crippen LogP contribution in [0.15, 0.2) is 18.2 Å². The van der Waals surface area contributed by atoms with Gasteiger partial charge in [0.2, 0.25) is 0 Å². The average Bonchev–Trinajstić information content (AvgIpc) is 2.78. The monoisotopic (exact) mass is 269 g/mol. The zero-order chi connectivity index (χ0) is 13.5. The van der Waals surface area contributed by atoms with E-state index in [0.29, 0.717) is 39.5 Å². The highest BCUT2D eigenvalue weighted by atomic mass is 19.2. The average molecular weight is 269 g/mol. The van der Waals surface area contributed by atoms with Crippen LogP contribution in [-0.2, 0) is 22.6 Å². The van der Waals surface area contributed by atoms with Gasteiger partial charge in [-0.1, -0.05) is 12.1 Å². The van der Waals surface area contributed by atoms with Crippen LogP contribution in [0.4, 0.5) is 4.48 Å². The second-order valence-electron chi connectivity index (χ2n) is 4.48. The molecule has 0 bridgehead atoms. The third kappa shape index (κ3) is 4.16. The van der Waals surface area contributed by atoms with Crippen LogP contribution in [-0.4, -0.2) is 38.7 Å². The molecular formula is C14H20FNO3. The lowest BCUT2D eigenvalue weighted by Gasteiger charge is -2.10. The molecule has 0 spiro atoms. The second kappa shape index (κ2) is 7.43. The van der Waals surface area contributed by atoms with Crippen molar-refractivity contribution in [3.05, 3.63) is 29.3 Å². The second-order valence-corrected chi connectivity index (χ2v) is 4.48.